The second kappa shape index (κ2) is 9.32. The zero-order valence-electron chi connectivity index (χ0n) is 16.5. The number of amides is 1. The fourth-order valence-electron chi connectivity index (χ4n) is 4.32. The van der Waals surface area contributed by atoms with Crippen molar-refractivity contribution in [3.63, 3.8) is 0 Å². The number of aryl methyl sites for hydroxylation is 1. The SMILES string of the molecule is O=C(CCCCc1cc2ccccc2o1)C1SCN[C@@H]1C(=O)N1CCC[C@H]1CO. The van der Waals surface area contributed by atoms with E-state index in [0.29, 0.717) is 18.8 Å². The first-order valence-electron chi connectivity index (χ1n) is 10.4. The van der Waals surface area contributed by atoms with Gasteiger partial charge in [-0.05, 0) is 37.8 Å². The van der Waals surface area contributed by atoms with E-state index in [4.69, 9.17) is 4.42 Å². The number of furan rings is 1. The second-order valence-electron chi connectivity index (χ2n) is 7.85. The molecule has 2 aliphatic rings. The van der Waals surface area contributed by atoms with Crippen LogP contribution in [0.4, 0.5) is 0 Å². The van der Waals surface area contributed by atoms with E-state index in [1.54, 1.807) is 4.90 Å². The Labute approximate surface area is 175 Å². The van der Waals surface area contributed by atoms with Crippen LogP contribution in [0.2, 0.25) is 0 Å². The third kappa shape index (κ3) is 4.52. The van der Waals surface area contributed by atoms with Crippen LogP contribution in [0.5, 0.6) is 0 Å². The molecule has 2 aromatic rings. The van der Waals surface area contributed by atoms with Gasteiger partial charge in [-0.1, -0.05) is 18.2 Å². The number of likely N-dealkylation sites (tertiary alicyclic amines) is 1. The number of fused-ring (bicyclic) bond motifs is 1. The molecule has 2 saturated heterocycles. The number of Topliss-reactive ketones (excluding diaryl/α,β-unsaturated/α-hetero) is 1. The van der Waals surface area contributed by atoms with Crippen molar-refractivity contribution in [3.8, 4) is 0 Å². The van der Waals surface area contributed by atoms with Gasteiger partial charge in [0.15, 0.2) is 0 Å². The molecule has 2 aliphatic heterocycles. The number of thioether (sulfide) groups is 1. The lowest BCUT2D eigenvalue weighted by atomic mass is 10.0. The molecule has 7 heteroatoms. The molecule has 0 radical (unpaired) electrons. The summed E-state index contributed by atoms with van der Waals surface area (Å²) in [4.78, 5) is 27.4. The van der Waals surface area contributed by atoms with Crippen LogP contribution in [0.3, 0.4) is 0 Å². The number of carbonyl (C=O) groups excluding carboxylic acids is 2. The maximum atomic E-state index is 12.9. The molecule has 3 heterocycles. The largest absolute Gasteiger partial charge is 0.461 e. The van der Waals surface area contributed by atoms with E-state index in [-0.39, 0.29) is 29.6 Å². The van der Waals surface area contributed by atoms with Gasteiger partial charge in [0.05, 0.1) is 17.9 Å². The van der Waals surface area contributed by atoms with E-state index in [0.717, 1.165) is 48.8 Å². The highest BCUT2D eigenvalue weighted by atomic mass is 32.2. The molecule has 4 rings (SSSR count). The van der Waals surface area contributed by atoms with Crippen molar-refractivity contribution in [2.45, 2.75) is 55.9 Å². The fourth-order valence-corrected chi connectivity index (χ4v) is 5.49. The van der Waals surface area contributed by atoms with Gasteiger partial charge < -0.3 is 14.4 Å². The molecule has 0 saturated carbocycles. The van der Waals surface area contributed by atoms with Crippen LogP contribution < -0.4 is 5.32 Å². The van der Waals surface area contributed by atoms with Crippen molar-refractivity contribution in [3.05, 3.63) is 36.1 Å². The summed E-state index contributed by atoms with van der Waals surface area (Å²) < 4.78 is 5.83. The van der Waals surface area contributed by atoms with E-state index in [1.165, 1.54) is 11.8 Å². The van der Waals surface area contributed by atoms with Crippen LogP contribution >= 0.6 is 11.8 Å². The minimum Gasteiger partial charge on any atom is -0.461 e. The highest BCUT2D eigenvalue weighted by Crippen LogP contribution is 2.28. The maximum Gasteiger partial charge on any atom is 0.241 e. The summed E-state index contributed by atoms with van der Waals surface area (Å²) in [5, 5.41) is 13.5. The van der Waals surface area contributed by atoms with Gasteiger partial charge in [0, 0.05) is 30.6 Å². The highest BCUT2D eigenvalue weighted by molar-refractivity contribution is 8.00. The van der Waals surface area contributed by atoms with Gasteiger partial charge in [0.1, 0.15) is 23.2 Å². The molecule has 0 bridgehead atoms. The van der Waals surface area contributed by atoms with E-state index >= 15 is 0 Å². The van der Waals surface area contributed by atoms with Gasteiger partial charge >= 0.3 is 0 Å². The van der Waals surface area contributed by atoms with Crippen molar-refractivity contribution in [1.82, 2.24) is 10.2 Å². The first kappa shape index (κ1) is 20.4. The summed E-state index contributed by atoms with van der Waals surface area (Å²) in [6.07, 6.45) is 4.71. The van der Waals surface area contributed by atoms with Crippen LogP contribution in [-0.2, 0) is 16.0 Å². The second-order valence-corrected chi connectivity index (χ2v) is 8.98. The molecule has 6 nitrogen and oxygen atoms in total. The van der Waals surface area contributed by atoms with Crippen LogP contribution in [0.1, 0.15) is 37.9 Å². The van der Waals surface area contributed by atoms with Gasteiger partial charge in [-0.3, -0.25) is 14.9 Å². The van der Waals surface area contributed by atoms with E-state index in [1.807, 2.05) is 24.3 Å². The lowest BCUT2D eigenvalue weighted by Crippen LogP contribution is -2.51. The highest BCUT2D eigenvalue weighted by Gasteiger charge is 2.42. The Balaban J connectivity index is 1.26. The quantitative estimate of drug-likeness (QED) is 0.644. The molecule has 0 spiro atoms. The number of unbranched alkanes of at least 4 members (excludes halogenated alkanes) is 1. The van der Waals surface area contributed by atoms with E-state index in [2.05, 4.69) is 11.4 Å². The van der Waals surface area contributed by atoms with Crippen LogP contribution in [-0.4, -0.2) is 58.1 Å². The first-order valence-corrected chi connectivity index (χ1v) is 11.5. The number of aliphatic hydroxyl groups is 1. The molecule has 1 aromatic heterocycles. The molecular formula is C22H28N2O4S. The van der Waals surface area contributed by atoms with Gasteiger partial charge in [-0.15, -0.1) is 11.8 Å². The lowest BCUT2D eigenvalue weighted by molar-refractivity contribution is -0.136. The van der Waals surface area contributed by atoms with Gasteiger partial charge in [-0.2, -0.15) is 0 Å². The number of hydrogen-bond donors (Lipinski definition) is 2. The molecule has 2 fully saturated rings. The first-order chi connectivity index (χ1) is 14.2. The smallest absolute Gasteiger partial charge is 0.241 e. The van der Waals surface area contributed by atoms with Gasteiger partial charge in [-0.25, -0.2) is 0 Å². The lowest BCUT2D eigenvalue weighted by Gasteiger charge is -2.28. The maximum absolute atomic E-state index is 12.9. The third-order valence-electron chi connectivity index (χ3n) is 5.90. The zero-order valence-corrected chi connectivity index (χ0v) is 17.3. The predicted octanol–water partition coefficient (Wildman–Crippen LogP) is 2.73. The Kier molecular flexibility index (Phi) is 6.57. The average Bonchev–Trinajstić information content (AvgIpc) is 3.48. The standard InChI is InChI=1S/C22H28N2O4S/c25-13-16-7-5-11-24(16)22(27)20-21(29-14-23-20)18(26)9-3-2-8-17-12-15-6-1-4-10-19(15)28-17/h1,4,6,10,12,16,20-21,23,25H,2-3,5,7-9,11,13-14H2/t16-,20-,21?/m0/s1. The minimum absolute atomic E-state index is 0.00793. The number of benzene rings is 1. The number of aliphatic hydroxyl groups excluding tert-OH is 1. The Morgan fingerprint density at radius 1 is 1.28 bits per heavy atom. The van der Waals surface area contributed by atoms with Crippen molar-refractivity contribution in [2.24, 2.45) is 0 Å². The average molecular weight is 417 g/mol. The Bertz CT molecular complexity index is 834. The minimum atomic E-state index is -0.463. The topological polar surface area (TPSA) is 82.8 Å². The Morgan fingerprint density at radius 2 is 2.14 bits per heavy atom. The number of nitrogens with one attached hydrogen (secondary N) is 1. The van der Waals surface area contributed by atoms with E-state index in [9.17, 15) is 14.7 Å². The summed E-state index contributed by atoms with van der Waals surface area (Å²) in [5.41, 5.74) is 0.899. The van der Waals surface area contributed by atoms with Crippen molar-refractivity contribution < 1.29 is 19.1 Å². The number of nitrogens with zero attached hydrogens (tertiary/aromatic N) is 1. The molecule has 1 unspecified atom stereocenters. The molecule has 1 aromatic carbocycles. The third-order valence-corrected chi connectivity index (χ3v) is 7.12. The number of carbonyl (C=O) groups is 2. The Hall–Kier alpha value is -1.83. The monoisotopic (exact) mass is 416 g/mol. The predicted molar refractivity (Wildman–Crippen MR) is 114 cm³/mol. The summed E-state index contributed by atoms with van der Waals surface area (Å²) in [6.45, 7) is 0.664. The van der Waals surface area contributed by atoms with Gasteiger partial charge in [0.25, 0.3) is 0 Å². The number of ketones is 1. The normalized spacial score (nSPS) is 24.4. The van der Waals surface area contributed by atoms with E-state index < -0.39 is 6.04 Å². The Morgan fingerprint density at radius 3 is 2.97 bits per heavy atom. The molecule has 1 amide bonds. The molecule has 29 heavy (non-hydrogen) atoms. The molecule has 0 aliphatic carbocycles. The van der Waals surface area contributed by atoms with Crippen LogP contribution in [0.25, 0.3) is 11.0 Å². The summed E-state index contributed by atoms with van der Waals surface area (Å²) in [7, 11) is 0. The molecule has 3 atom stereocenters. The van der Waals surface area contributed by atoms with Crippen molar-refractivity contribution in [2.75, 3.05) is 19.0 Å². The summed E-state index contributed by atoms with van der Waals surface area (Å²) in [6, 6.07) is 9.46. The fraction of sp³-hybridized carbons (Fsp3) is 0.545. The summed E-state index contributed by atoms with van der Waals surface area (Å²) in [5.74, 6) is 1.67. The van der Waals surface area contributed by atoms with Crippen LogP contribution in [0, 0.1) is 0 Å². The number of para-hydroxylation sites is 1. The van der Waals surface area contributed by atoms with Crippen molar-refractivity contribution >= 4 is 34.4 Å². The van der Waals surface area contributed by atoms with Crippen LogP contribution in [0.15, 0.2) is 34.7 Å². The summed E-state index contributed by atoms with van der Waals surface area (Å²) >= 11 is 1.52. The molecular weight excluding hydrogens is 388 g/mol. The molecule has 156 valence electrons. The van der Waals surface area contributed by atoms with Gasteiger partial charge in [0.2, 0.25) is 5.91 Å². The number of rotatable bonds is 8. The number of hydrogen-bond acceptors (Lipinski definition) is 6. The molecule has 2 N–H and O–H groups in total. The zero-order chi connectivity index (χ0) is 20.2. The van der Waals surface area contributed by atoms with Crippen molar-refractivity contribution in [1.29, 1.82) is 0 Å².